The number of aromatic nitrogens is 3. The first-order valence-electron chi connectivity index (χ1n) is 14.3. The maximum atomic E-state index is 13.0. The molecule has 0 saturated carbocycles. The number of hydrogen-bond donors (Lipinski definition) is 3. The molecule has 10 heteroatoms. The predicted molar refractivity (Wildman–Crippen MR) is 169 cm³/mol. The molecule has 43 heavy (non-hydrogen) atoms. The second kappa shape index (κ2) is 12.2. The van der Waals surface area contributed by atoms with Gasteiger partial charge in [-0.3, -0.25) is 19.4 Å². The summed E-state index contributed by atoms with van der Waals surface area (Å²) < 4.78 is 1.47. The van der Waals surface area contributed by atoms with Crippen LogP contribution in [-0.4, -0.2) is 57.4 Å². The molecule has 0 bridgehead atoms. The smallest absolute Gasteiger partial charge is 0.293 e. The third-order valence-electron chi connectivity index (χ3n) is 7.59. The van der Waals surface area contributed by atoms with E-state index in [9.17, 15) is 14.4 Å². The number of carbonyl (C=O) groups is 2. The Balaban J connectivity index is 1.35. The van der Waals surface area contributed by atoms with E-state index in [4.69, 9.17) is 0 Å². The van der Waals surface area contributed by atoms with Gasteiger partial charge in [-0.1, -0.05) is 39.0 Å². The fraction of sp³-hybridized carbons (Fsp3) is 0.303. The Kier molecular flexibility index (Phi) is 8.40. The largest absolute Gasteiger partial charge is 0.336 e. The SMILES string of the molecule is Cc1c(NC(=O)c2ccc(C(C)(C)C)cn2)cccc1-c1cn(C)c(=O)c(Nc2ccc(C(=O)N3CCNCC3)cc2)n1. The minimum atomic E-state index is -0.310. The number of aryl methyl sites for hydroxylation is 1. The first-order chi connectivity index (χ1) is 20.5. The van der Waals surface area contributed by atoms with E-state index in [0.29, 0.717) is 41.4 Å². The number of pyridine rings is 1. The van der Waals surface area contributed by atoms with Crippen LogP contribution in [0.25, 0.3) is 11.3 Å². The molecule has 4 aromatic rings. The van der Waals surface area contributed by atoms with Crippen molar-refractivity contribution in [1.29, 1.82) is 0 Å². The number of piperazine rings is 1. The average molecular weight is 580 g/mol. The highest BCUT2D eigenvalue weighted by Crippen LogP contribution is 2.28. The number of benzene rings is 2. The minimum absolute atomic E-state index is 0.00997. The summed E-state index contributed by atoms with van der Waals surface area (Å²) in [5, 5.41) is 9.33. The van der Waals surface area contributed by atoms with Crippen LogP contribution < -0.4 is 21.5 Å². The van der Waals surface area contributed by atoms with Gasteiger partial charge in [0, 0.05) is 68.1 Å². The summed E-state index contributed by atoms with van der Waals surface area (Å²) in [4.78, 5) is 49.7. The molecular weight excluding hydrogens is 542 g/mol. The van der Waals surface area contributed by atoms with Crippen LogP contribution in [-0.2, 0) is 12.5 Å². The molecule has 1 fully saturated rings. The quantitative estimate of drug-likeness (QED) is 0.308. The molecule has 3 heterocycles. The van der Waals surface area contributed by atoms with Crippen LogP contribution in [0.2, 0.25) is 0 Å². The Morgan fingerprint density at radius 1 is 0.977 bits per heavy atom. The Labute approximate surface area is 251 Å². The summed E-state index contributed by atoms with van der Waals surface area (Å²) in [7, 11) is 1.67. The van der Waals surface area contributed by atoms with E-state index in [1.54, 1.807) is 49.8 Å². The third-order valence-corrected chi connectivity index (χ3v) is 7.59. The van der Waals surface area contributed by atoms with Gasteiger partial charge in [-0.2, -0.15) is 0 Å². The summed E-state index contributed by atoms with van der Waals surface area (Å²) in [5.41, 5.74) is 5.01. The molecule has 222 valence electrons. The zero-order valence-corrected chi connectivity index (χ0v) is 25.2. The molecule has 3 N–H and O–H groups in total. The summed E-state index contributed by atoms with van der Waals surface area (Å²) >= 11 is 0. The molecule has 1 aliphatic heterocycles. The maximum absolute atomic E-state index is 13.0. The minimum Gasteiger partial charge on any atom is -0.336 e. The highest BCUT2D eigenvalue weighted by molar-refractivity contribution is 6.03. The van der Waals surface area contributed by atoms with Gasteiger partial charge in [0.05, 0.1) is 5.69 Å². The van der Waals surface area contributed by atoms with Gasteiger partial charge in [0.2, 0.25) is 0 Å². The van der Waals surface area contributed by atoms with Gasteiger partial charge in [0.1, 0.15) is 5.69 Å². The van der Waals surface area contributed by atoms with Crippen LogP contribution in [0.4, 0.5) is 17.2 Å². The van der Waals surface area contributed by atoms with Crippen molar-refractivity contribution in [2.24, 2.45) is 7.05 Å². The van der Waals surface area contributed by atoms with Crippen molar-refractivity contribution in [1.82, 2.24) is 24.8 Å². The van der Waals surface area contributed by atoms with Crippen molar-refractivity contribution in [3.8, 4) is 11.3 Å². The second-order valence-corrected chi connectivity index (χ2v) is 11.7. The molecule has 1 aliphatic rings. The normalized spacial score (nSPS) is 13.5. The van der Waals surface area contributed by atoms with Crippen molar-refractivity contribution in [2.75, 3.05) is 36.8 Å². The number of nitrogens with one attached hydrogen (secondary N) is 3. The van der Waals surface area contributed by atoms with E-state index in [1.807, 2.05) is 36.1 Å². The Hall–Kier alpha value is -4.83. The van der Waals surface area contributed by atoms with Crippen LogP contribution in [0.15, 0.2) is 71.8 Å². The van der Waals surface area contributed by atoms with Gasteiger partial charge in [-0.05, 0) is 59.9 Å². The number of anilines is 3. The molecule has 2 aromatic carbocycles. The number of nitrogens with zero attached hydrogens (tertiary/aromatic N) is 4. The first kappa shape index (κ1) is 29.7. The number of hydrogen-bond acceptors (Lipinski definition) is 7. The van der Waals surface area contributed by atoms with Gasteiger partial charge < -0.3 is 25.4 Å². The molecule has 2 aromatic heterocycles. The molecule has 1 saturated heterocycles. The first-order valence-corrected chi connectivity index (χ1v) is 14.3. The molecule has 10 nitrogen and oxygen atoms in total. The van der Waals surface area contributed by atoms with Crippen molar-refractivity contribution in [3.63, 3.8) is 0 Å². The summed E-state index contributed by atoms with van der Waals surface area (Å²) in [6, 6.07) is 16.3. The average Bonchev–Trinajstić information content (AvgIpc) is 3.00. The topological polar surface area (TPSA) is 121 Å². The lowest BCUT2D eigenvalue weighted by Crippen LogP contribution is -2.46. The molecule has 0 atom stereocenters. The second-order valence-electron chi connectivity index (χ2n) is 11.7. The zero-order chi connectivity index (χ0) is 30.7. The van der Waals surface area contributed by atoms with E-state index in [1.165, 1.54) is 4.57 Å². The van der Waals surface area contributed by atoms with E-state index in [2.05, 4.69) is 46.7 Å². The van der Waals surface area contributed by atoms with Crippen LogP contribution >= 0.6 is 0 Å². The summed E-state index contributed by atoms with van der Waals surface area (Å²) in [6.07, 6.45) is 3.41. The van der Waals surface area contributed by atoms with Gasteiger partial charge in [-0.25, -0.2) is 4.98 Å². The van der Waals surface area contributed by atoms with E-state index in [0.717, 1.165) is 29.8 Å². The van der Waals surface area contributed by atoms with Gasteiger partial charge in [-0.15, -0.1) is 0 Å². The van der Waals surface area contributed by atoms with E-state index < -0.39 is 0 Å². The van der Waals surface area contributed by atoms with Crippen LogP contribution in [0.5, 0.6) is 0 Å². The Morgan fingerprint density at radius 2 is 1.70 bits per heavy atom. The Bertz CT molecular complexity index is 1700. The van der Waals surface area contributed by atoms with Gasteiger partial charge >= 0.3 is 0 Å². The lowest BCUT2D eigenvalue weighted by atomic mass is 9.88. The highest BCUT2D eigenvalue weighted by atomic mass is 16.2. The van der Waals surface area contributed by atoms with Crippen molar-refractivity contribution < 1.29 is 9.59 Å². The van der Waals surface area contributed by atoms with Gasteiger partial charge in [0.25, 0.3) is 17.4 Å². The number of amides is 2. The molecule has 0 spiro atoms. The number of carbonyl (C=O) groups excluding carboxylic acids is 2. The lowest BCUT2D eigenvalue weighted by molar-refractivity contribution is 0.0735. The fourth-order valence-electron chi connectivity index (χ4n) is 4.91. The maximum Gasteiger partial charge on any atom is 0.293 e. The summed E-state index contributed by atoms with van der Waals surface area (Å²) in [6.45, 7) is 11.1. The van der Waals surface area contributed by atoms with Crippen LogP contribution in [0, 0.1) is 6.92 Å². The predicted octanol–water partition coefficient (Wildman–Crippen LogP) is 4.49. The zero-order valence-electron chi connectivity index (χ0n) is 25.2. The van der Waals surface area contributed by atoms with Crippen molar-refractivity contribution in [2.45, 2.75) is 33.1 Å². The molecule has 2 amide bonds. The third kappa shape index (κ3) is 6.65. The molecule has 0 aliphatic carbocycles. The van der Waals surface area contributed by atoms with Crippen molar-refractivity contribution >= 4 is 29.0 Å². The standard InChI is InChI=1S/C33H37N7O3/c1-21-25(7-6-8-26(21)38-30(41)27-14-11-23(19-35-27)33(2,3)4)28-20-39(5)32(43)29(37-28)36-24-12-9-22(10-13-24)31(42)40-17-15-34-16-18-40/h6-14,19-20,34H,15-18H2,1-5H3,(H,36,37)(H,38,41). The monoisotopic (exact) mass is 579 g/mol. The Morgan fingerprint density at radius 3 is 2.35 bits per heavy atom. The van der Waals surface area contributed by atoms with Crippen LogP contribution in [0.1, 0.15) is 52.7 Å². The van der Waals surface area contributed by atoms with Crippen molar-refractivity contribution in [3.05, 3.63) is 99.7 Å². The number of rotatable bonds is 6. The van der Waals surface area contributed by atoms with E-state index >= 15 is 0 Å². The molecular formula is C33H37N7O3. The lowest BCUT2D eigenvalue weighted by Gasteiger charge is -2.27. The van der Waals surface area contributed by atoms with Crippen LogP contribution in [0.3, 0.4) is 0 Å². The molecule has 5 rings (SSSR count). The van der Waals surface area contributed by atoms with Gasteiger partial charge in [0.15, 0.2) is 5.82 Å². The molecule has 0 unspecified atom stereocenters. The fourth-order valence-corrected chi connectivity index (χ4v) is 4.91. The van der Waals surface area contributed by atoms with E-state index in [-0.39, 0.29) is 28.6 Å². The summed E-state index contributed by atoms with van der Waals surface area (Å²) in [5.74, 6) is -0.169. The highest BCUT2D eigenvalue weighted by Gasteiger charge is 2.19. The molecule has 0 radical (unpaired) electrons.